The van der Waals surface area contributed by atoms with E-state index in [1.807, 2.05) is 13.0 Å². The number of rotatable bonds is 9. The summed E-state index contributed by atoms with van der Waals surface area (Å²) in [5.74, 6) is -0.188. The first-order chi connectivity index (χ1) is 11.5. The van der Waals surface area contributed by atoms with Crippen molar-refractivity contribution in [3.05, 3.63) is 47.9 Å². The molecular weight excluding hydrogens is 330 g/mol. The third-order valence-electron chi connectivity index (χ3n) is 3.39. The van der Waals surface area contributed by atoms with Crippen LogP contribution in [0.2, 0.25) is 0 Å². The van der Waals surface area contributed by atoms with E-state index >= 15 is 0 Å². The highest BCUT2D eigenvalue weighted by Crippen LogP contribution is 2.10. The highest BCUT2D eigenvalue weighted by molar-refractivity contribution is 7.89. The van der Waals surface area contributed by atoms with Gasteiger partial charge in [-0.3, -0.25) is 4.79 Å². The topological polar surface area (TPSA) is 101 Å². The molecule has 0 bridgehead atoms. The van der Waals surface area contributed by atoms with E-state index in [2.05, 4.69) is 15.2 Å². The van der Waals surface area contributed by atoms with Crippen molar-refractivity contribution in [2.75, 3.05) is 13.1 Å². The van der Waals surface area contributed by atoms with Crippen molar-refractivity contribution in [2.45, 2.75) is 31.1 Å². The maximum atomic E-state index is 12.1. The Balaban J connectivity index is 1.66. The van der Waals surface area contributed by atoms with E-state index < -0.39 is 10.0 Å². The van der Waals surface area contributed by atoms with Crippen molar-refractivity contribution >= 4 is 15.9 Å². The number of carbonyl (C=O) groups is 1. The number of benzene rings is 1. The number of hydrogen-bond acceptors (Lipinski definition) is 5. The molecule has 0 saturated heterocycles. The third-order valence-corrected chi connectivity index (χ3v) is 4.85. The Morgan fingerprint density at radius 3 is 2.83 bits per heavy atom. The van der Waals surface area contributed by atoms with E-state index in [0.29, 0.717) is 6.54 Å². The molecule has 0 aliphatic carbocycles. The summed E-state index contributed by atoms with van der Waals surface area (Å²) in [5, 5.41) is 6.36. The second-order valence-electron chi connectivity index (χ2n) is 5.45. The summed E-state index contributed by atoms with van der Waals surface area (Å²) in [6.45, 7) is 2.41. The normalized spacial score (nSPS) is 11.4. The van der Waals surface area contributed by atoms with Gasteiger partial charge in [0.25, 0.3) is 0 Å². The fourth-order valence-electron chi connectivity index (χ4n) is 2.12. The molecule has 0 unspecified atom stereocenters. The van der Waals surface area contributed by atoms with E-state index in [9.17, 15) is 13.2 Å². The molecular formula is C16H21N3O4S. The number of aromatic nitrogens is 1. The van der Waals surface area contributed by atoms with Gasteiger partial charge in [0, 0.05) is 25.1 Å². The van der Waals surface area contributed by atoms with E-state index in [1.165, 1.54) is 6.07 Å². The SMILES string of the molecule is Cc1cccc(S(=O)(=O)NCCC(=O)NCCCc2cnoc2)c1. The second-order valence-corrected chi connectivity index (χ2v) is 7.22. The van der Waals surface area contributed by atoms with Crippen LogP contribution >= 0.6 is 0 Å². The van der Waals surface area contributed by atoms with Crippen LogP contribution in [0.4, 0.5) is 0 Å². The van der Waals surface area contributed by atoms with E-state index in [-0.39, 0.29) is 23.8 Å². The summed E-state index contributed by atoms with van der Waals surface area (Å²) >= 11 is 0. The zero-order chi connectivity index (χ0) is 17.4. The summed E-state index contributed by atoms with van der Waals surface area (Å²) in [7, 11) is -3.58. The van der Waals surface area contributed by atoms with Gasteiger partial charge >= 0.3 is 0 Å². The zero-order valence-electron chi connectivity index (χ0n) is 13.5. The summed E-state index contributed by atoms with van der Waals surface area (Å²) in [4.78, 5) is 11.9. The average Bonchev–Trinajstić information content (AvgIpc) is 3.05. The molecule has 0 atom stereocenters. The molecule has 2 aromatic rings. The van der Waals surface area contributed by atoms with Gasteiger partial charge in [-0.05, 0) is 37.5 Å². The predicted octanol–water partition coefficient (Wildman–Crippen LogP) is 1.40. The predicted molar refractivity (Wildman–Crippen MR) is 88.8 cm³/mol. The first-order valence-corrected chi connectivity index (χ1v) is 9.17. The lowest BCUT2D eigenvalue weighted by Crippen LogP contribution is -2.31. The van der Waals surface area contributed by atoms with Gasteiger partial charge in [0.1, 0.15) is 6.26 Å². The Bertz CT molecular complexity index is 757. The molecule has 1 aromatic heterocycles. The summed E-state index contributed by atoms with van der Waals surface area (Å²) < 4.78 is 31.4. The van der Waals surface area contributed by atoms with Crippen LogP contribution in [0.1, 0.15) is 24.0 Å². The number of aryl methyl sites for hydroxylation is 2. The lowest BCUT2D eigenvalue weighted by Gasteiger charge is -2.08. The van der Waals surface area contributed by atoms with Gasteiger partial charge in [-0.15, -0.1) is 0 Å². The quantitative estimate of drug-likeness (QED) is 0.665. The second kappa shape index (κ2) is 8.60. The Morgan fingerprint density at radius 2 is 2.12 bits per heavy atom. The minimum Gasteiger partial charge on any atom is -0.364 e. The van der Waals surface area contributed by atoms with Gasteiger partial charge in [0.15, 0.2) is 0 Å². The fourth-order valence-corrected chi connectivity index (χ4v) is 3.26. The van der Waals surface area contributed by atoms with Gasteiger partial charge < -0.3 is 9.84 Å². The number of nitrogens with zero attached hydrogens (tertiary/aromatic N) is 1. The van der Waals surface area contributed by atoms with Crippen LogP contribution < -0.4 is 10.0 Å². The molecule has 2 N–H and O–H groups in total. The summed E-state index contributed by atoms with van der Waals surface area (Å²) in [5.41, 5.74) is 1.85. The molecule has 130 valence electrons. The minimum absolute atomic E-state index is 0.0633. The smallest absolute Gasteiger partial charge is 0.240 e. The van der Waals surface area contributed by atoms with Crippen LogP contribution in [0.25, 0.3) is 0 Å². The van der Waals surface area contributed by atoms with Crippen molar-refractivity contribution in [2.24, 2.45) is 0 Å². The fraction of sp³-hybridized carbons (Fsp3) is 0.375. The molecule has 0 fully saturated rings. The van der Waals surface area contributed by atoms with Crippen LogP contribution in [0.3, 0.4) is 0 Å². The molecule has 1 aromatic carbocycles. The Morgan fingerprint density at radius 1 is 1.29 bits per heavy atom. The molecule has 7 nitrogen and oxygen atoms in total. The largest absolute Gasteiger partial charge is 0.364 e. The Kier molecular flexibility index (Phi) is 6.51. The van der Waals surface area contributed by atoms with E-state index in [4.69, 9.17) is 4.52 Å². The highest BCUT2D eigenvalue weighted by Gasteiger charge is 2.13. The zero-order valence-corrected chi connectivity index (χ0v) is 14.3. The molecule has 8 heteroatoms. The number of sulfonamides is 1. The van der Waals surface area contributed by atoms with Crippen molar-refractivity contribution in [3.63, 3.8) is 0 Å². The standard InChI is InChI=1S/C16H21N3O4S/c1-13-4-2-6-15(10-13)24(21,22)19-9-7-16(20)17-8-3-5-14-11-18-23-12-14/h2,4,6,10-12,19H,3,5,7-9H2,1H3,(H,17,20). The van der Waals surface area contributed by atoms with Crippen LogP contribution in [0.5, 0.6) is 0 Å². The monoisotopic (exact) mass is 351 g/mol. The van der Waals surface area contributed by atoms with Crippen molar-refractivity contribution in [1.82, 2.24) is 15.2 Å². The van der Waals surface area contributed by atoms with Gasteiger partial charge in [0.2, 0.25) is 15.9 Å². The van der Waals surface area contributed by atoms with Gasteiger partial charge in [-0.1, -0.05) is 17.3 Å². The van der Waals surface area contributed by atoms with Gasteiger partial charge in [-0.2, -0.15) is 0 Å². The Labute approximate surface area is 141 Å². The molecule has 2 rings (SSSR count). The summed E-state index contributed by atoms with van der Waals surface area (Å²) in [6, 6.07) is 6.63. The van der Waals surface area contributed by atoms with Crippen molar-refractivity contribution in [1.29, 1.82) is 0 Å². The highest BCUT2D eigenvalue weighted by atomic mass is 32.2. The molecule has 1 amide bonds. The molecule has 0 aliphatic heterocycles. The van der Waals surface area contributed by atoms with Gasteiger partial charge in [0.05, 0.1) is 11.1 Å². The van der Waals surface area contributed by atoms with E-state index in [0.717, 1.165) is 24.0 Å². The molecule has 0 radical (unpaired) electrons. The van der Waals surface area contributed by atoms with Gasteiger partial charge in [-0.25, -0.2) is 13.1 Å². The molecule has 0 saturated carbocycles. The first-order valence-electron chi connectivity index (χ1n) is 7.69. The maximum Gasteiger partial charge on any atom is 0.240 e. The molecule has 0 spiro atoms. The van der Waals surface area contributed by atoms with Crippen LogP contribution in [0.15, 0.2) is 46.1 Å². The number of hydrogen-bond donors (Lipinski definition) is 2. The van der Waals surface area contributed by atoms with Crippen LogP contribution in [-0.4, -0.2) is 32.6 Å². The maximum absolute atomic E-state index is 12.1. The minimum atomic E-state index is -3.58. The van der Waals surface area contributed by atoms with E-state index in [1.54, 1.807) is 24.6 Å². The van der Waals surface area contributed by atoms with Crippen LogP contribution in [0, 0.1) is 6.92 Å². The lowest BCUT2D eigenvalue weighted by atomic mass is 10.2. The number of carbonyl (C=O) groups excluding carboxylic acids is 1. The molecule has 0 aliphatic rings. The first kappa shape index (κ1) is 18.2. The third kappa shape index (κ3) is 5.78. The average molecular weight is 351 g/mol. The van der Waals surface area contributed by atoms with Crippen LogP contribution in [-0.2, 0) is 21.2 Å². The Hall–Kier alpha value is -2.19. The lowest BCUT2D eigenvalue weighted by molar-refractivity contribution is -0.120. The van der Waals surface area contributed by atoms with Crippen molar-refractivity contribution < 1.29 is 17.7 Å². The van der Waals surface area contributed by atoms with Crippen molar-refractivity contribution in [3.8, 4) is 0 Å². The summed E-state index contributed by atoms with van der Waals surface area (Å²) in [6.07, 6.45) is 4.84. The molecule has 1 heterocycles. The number of amides is 1. The molecule has 24 heavy (non-hydrogen) atoms. The number of nitrogens with one attached hydrogen (secondary N) is 2.